The molecule has 2 nitrogen and oxygen atoms in total. The van der Waals surface area contributed by atoms with Crippen LogP contribution in [0.15, 0.2) is 40.3 Å². The minimum Gasteiger partial charge on any atom is -0.223 e. The third kappa shape index (κ3) is 4.24. The van der Waals surface area contributed by atoms with Crippen LogP contribution in [-0.2, 0) is 6.54 Å². The summed E-state index contributed by atoms with van der Waals surface area (Å²) in [5.41, 5.74) is 1.19. The van der Waals surface area contributed by atoms with Crippen molar-refractivity contribution in [3.8, 4) is 0 Å². The average molecular weight is 174 g/mol. The fraction of sp³-hybridized carbons (Fsp3) is 0.364. The zero-order chi connectivity index (χ0) is 9.52. The van der Waals surface area contributed by atoms with Crippen LogP contribution in [0.5, 0.6) is 0 Å². The highest BCUT2D eigenvalue weighted by molar-refractivity contribution is 5.41. The van der Waals surface area contributed by atoms with Crippen LogP contribution in [0.3, 0.4) is 0 Å². The second-order valence-corrected chi connectivity index (χ2v) is 3.12. The van der Waals surface area contributed by atoms with Crippen LogP contribution in [0.25, 0.3) is 0 Å². The van der Waals surface area contributed by atoms with Crippen LogP contribution in [0.2, 0.25) is 0 Å². The van der Waals surface area contributed by atoms with Crippen molar-refractivity contribution in [2.75, 3.05) is 0 Å². The molecule has 0 unspecified atom stereocenters. The normalized spacial score (nSPS) is 9.46. The largest absolute Gasteiger partial charge is 0.223 e. The van der Waals surface area contributed by atoms with Gasteiger partial charge in [0, 0.05) is 0 Å². The Kier molecular flexibility index (Phi) is 3.94. The summed E-state index contributed by atoms with van der Waals surface area (Å²) in [6, 6.07) is 13.0. The molecule has 0 radical (unpaired) electrons. The van der Waals surface area contributed by atoms with Gasteiger partial charge in [-0.3, -0.25) is 0 Å². The second kappa shape index (κ2) is 5.28. The maximum atomic E-state index is 4.07. The van der Waals surface area contributed by atoms with E-state index in [2.05, 4.69) is 16.0 Å². The standard InChI is InChI=1S/C11H14N2/c1-10(2)13-9-12-8-11-6-4-3-5-7-11/h3-7,10H,8H2,1-2H3. The second-order valence-electron chi connectivity index (χ2n) is 3.12. The molecule has 13 heavy (non-hydrogen) atoms. The quantitative estimate of drug-likeness (QED) is 0.629. The fourth-order valence-electron chi connectivity index (χ4n) is 0.866. The van der Waals surface area contributed by atoms with Crippen molar-refractivity contribution in [2.45, 2.75) is 26.4 Å². The molecule has 0 spiro atoms. The van der Waals surface area contributed by atoms with Crippen molar-refractivity contribution < 1.29 is 0 Å². The van der Waals surface area contributed by atoms with Crippen molar-refractivity contribution in [2.24, 2.45) is 9.98 Å². The summed E-state index contributed by atoms with van der Waals surface area (Å²) in [6.45, 7) is 4.67. The Hall–Kier alpha value is -1.40. The number of nitrogens with zero attached hydrogens (tertiary/aromatic N) is 2. The highest BCUT2D eigenvalue weighted by Gasteiger charge is 1.85. The van der Waals surface area contributed by atoms with Crippen molar-refractivity contribution in [1.29, 1.82) is 0 Å². The zero-order valence-electron chi connectivity index (χ0n) is 8.07. The van der Waals surface area contributed by atoms with E-state index in [-0.39, 0.29) is 6.04 Å². The van der Waals surface area contributed by atoms with Crippen molar-refractivity contribution >= 4 is 6.01 Å². The molecule has 0 saturated heterocycles. The summed E-state index contributed by atoms with van der Waals surface area (Å²) in [5.74, 6) is 0. The Morgan fingerprint density at radius 3 is 2.54 bits per heavy atom. The van der Waals surface area contributed by atoms with E-state index in [4.69, 9.17) is 0 Å². The molecule has 1 aromatic rings. The van der Waals surface area contributed by atoms with Crippen molar-refractivity contribution in [3.63, 3.8) is 0 Å². The number of aliphatic imine (C=N–C) groups is 2. The first-order chi connectivity index (χ1) is 6.29. The molecule has 0 aromatic heterocycles. The van der Waals surface area contributed by atoms with Gasteiger partial charge in [-0.1, -0.05) is 30.3 Å². The summed E-state index contributed by atoms with van der Waals surface area (Å²) in [4.78, 5) is 8.09. The topological polar surface area (TPSA) is 24.7 Å². The van der Waals surface area contributed by atoms with Crippen LogP contribution in [-0.4, -0.2) is 12.1 Å². The fourth-order valence-corrected chi connectivity index (χ4v) is 0.866. The monoisotopic (exact) mass is 174 g/mol. The van der Waals surface area contributed by atoms with Crippen molar-refractivity contribution in [3.05, 3.63) is 35.9 Å². The van der Waals surface area contributed by atoms with E-state index in [1.165, 1.54) is 5.56 Å². The molecule has 0 saturated carbocycles. The third-order valence-electron chi connectivity index (χ3n) is 1.49. The molecule has 0 atom stereocenters. The van der Waals surface area contributed by atoms with Gasteiger partial charge in [0.25, 0.3) is 0 Å². The van der Waals surface area contributed by atoms with Gasteiger partial charge in [0.2, 0.25) is 0 Å². The van der Waals surface area contributed by atoms with Gasteiger partial charge in [-0.2, -0.15) is 0 Å². The number of benzene rings is 1. The van der Waals surface area contributed by atoms with E-state index in [0.29, 0.717) is 6.54 Å². The minimum absolute atomic E-state index is 0.277. The molecule has 0 bridgehead atoms. The van der Waals surface area contributed by atoms with Crippen LogP contribution in [0, 0.1) is 0 Å². The summed E-state index contributed by atoms with van der Waals surface area (Å²) in [6.07, 6.45) is 0. The molecule has 1 aromatic carbocycles. The Morgan fingerprint density at radius 2 is 1.92 bits per heavy atom. The lowest BCUT2D eigenvalue weighted by molar-refractivity contribution is 0.839. The van der Waals surface area contributed by atoms with Gasteiger partial charge < -0.3 is 0 Å². The molecule has 0 aliphatic rings. The third-order valence-corrected chi connectivity index (χ3v) is 1.49. The van der Waals surface area contributed by atoms with Gasteiger partial charge in [0.15, 0.2) is 0 Å². The van der Waals surface area contributed by atoms with Crippen LogP contribution in [0.4, 0.5) is 0 Å². The molecular formula is C11H14N2. The highest BCUT2D eigenvalue weighted by atomic mass is 14.8. The SMILES string of the molecule is CC(C)N=C=NCc1ccccc1. The summed E-state index contributed by atoms with van der Waals surface area (Å²) in [7, 11) is 0. The lowest BCUT2D eigenvalue weighted by Crippen LogP contribution is -1.85. The summed E-state index contributed by atoms with van der Waals surface area (Å²) >= 11 is 0. The Labute approximate surface area is 79.0 Å². The van der Waals surface area contributed by atoms with E-state index in [1.807, 2.05) is 44.2 Å². The first-order valence-electron chi connectivity index (χ1n) is 4.44. The van der Waals surface area contributed by atoms with Gasteiger partial charge in [0.1, 0.15) is 0 Å². The van der Waals surface area contributed by atoms with Gasteiger partial charge >= 0.3 is 0 Å². The van der Waals surface area contributed by atoms with Crippen LogP contribution < -0.4 is 0 Å². The molecule has 0 amide bonds. The summed E-state index contributed by atoms with van der Waals surface area (Å²) in [5, 5.41) is 0. The zero-order valence-corrected chi connectivity index (χ0v) is 8.07. The number of hydrogen-bond donors (Lipinski definition) is 0. The van der Waals surface area contributed by atoms with Gasteiger partial charge in [-0.05, 0) is 19.4 Å². The van der Waals surface area contributed by atoms with Crippen LogP contribution >= 0.6 is 0 Å². The van der Waals surface area contributed by atoms with Gasteiger partial charge in [-0.25, -0.2) is 9.98 Å². The molecule has 0 aliphatic heterocycles. The summed E-state index contributed by atoms with van der Waals surface area (Å²) < 4.78 is 0. The maximum absolute atomic E-state index is 4.07. The molecule has 0 fully saturated rings. The Morgan fingerprint density at radius 1 is 1.23 bits per heavy atom. The molecule has 0 N–H and O–H groups in total. The van der Waals surface area contributed by atoms with E-state index in [0.717, 1.165) is 0 Å². The Bertz CT molecular complexity index is 295. The van der Waals surface area contributed by atoms with E-state index in [9.17, 15) is 0 Å². The van der Waals surface area contributed by atoms with E-state index < -0.39 is 0 Å². The predicted molar refractivity (Wildman–Crippen MR) is 55.1 cm³/mol. The van der Waals surface area contributed by atoms with Gasteiger partial charge in [0.05, 0.1) is 18.6 Å². The lowest BCUT2D eigenvalue weighted by Gasteiger charge is -1.91. The molecule has 0 heterocycles. The van der Waals surface area contributed by atoms with Crippen molar-refractivity contribution in [1.82, 2.24) is 0 Å². The first kappa shape index (κ1) is 9.69. The maximum Gasteiger partial charge on any atom is 0.0898 e. The number of hydrogen-bond acceptors (Lipinski definition) is 2. The van der Waals surface area contributed by atoms with Gasteiger partial charge in [-0.15, -0.1) is 0 Å². The molecule has 68 valence electrons. The first-order valence-corrected chi connectivity index (χ1v) is 4.44. The van der Waals surface area contributed by atoms with E-state index >= 15 is 0 Å². The molecule has 1 rings (SSSR count). The minimum atomic E-state index is 0.277. The van der Waals surface area contributed by atoms with Crippen LogP contribution in [0.1, 0.15) is 19.4 Å². The predicted octanol–water partition coefficient (Wildman–Crippen LogP) is 2.77. The molecule has 2 heteroatoms. The highest BCUT2D eigenvalue weighted by Crippen LogP contribution is 1.98. The van der Waals surface area contributed by atoms with E-state index in [1.54, 1.807) is 0 Å². The smallest absolute Gasteiger partial charge is 0.0898 e. The lowest BCUT2D eigenvalue weighted by atomic mass is 10.2. The molecule has 0 aliphatic carbocycles. The molecular weight excluding hydrogens is 160 g/mol. The average Bonchev–Trinajstić information content (AvgIpc) is 2.14. The Balaban J connectivity index is 2.48. The number of rotatable bonds is 3.